The van der Waals surface area contributed by atoms with E-state index >= 15 is 0 Å². The van der Waals surface area contributed by atoms with Crippen molar-refractivity contribution in [3.05, 3.63) is 36.2 Å². The van der Waals surface area contributed by atoms with Crippen LogP contribution in [-0.4, -0.2) is 30.2 Å². The first-order chi connectivity index (χ1) is 10.1. The summed E-state index contributed by atoms with van der Waals surface area (Å²) in [6.07, 6.45) is 2.60. The molecule has 110 valence electrons. The van der Waals surface area contributed by atoms with Crippen molar-refractivity contribution in [3.63, 3.8) is 0 Å². The van der Waals surface area contributed by atoms with Crippen molar-refractivity contribution < 1.29 is 19.4 Å². The second-order valence-corrected chi connectivity index (χ2v) is 4.14. The number of amides is 1. The van der Waals surface area contributed by atoms with E-state index in [-0.39, 0.29) is 11.3 Å². The molecule has 0 fully saturated rings. The van der Waals surface area contributed by atoms with E-state index in [1.807, 2.05) is 0 Å². The lowest BCUT2D eigenvalue weighted by molar-refractivity contribution is 0.102. The lowest BCUT2D eigenvalue weighted by Crippen LogP contribution is -2.13. The maximum absolute atomic E-state index is 12.1. The first-order valence-electron chi connectivity index (χ1n) is 6.02. The summed E-state index contributed by atoms with van der Waals surface area (Å²) < 4.78 is 10.3. The zero-order valence-corrected chi connectivity index (χ0v) is 11.6. The normalized spacial score (nSPS) is 10.0. The summed E-state index contributed by atoms with van der Waals surface area (Å²) in [4.78, 5) is 15.8. The predicted octanol–water partition coefficient (Wildman–Crippen LogP) is 1.64. The number of aromatic nitrogens is 1. The third-order valence-electron chi connectivity index (χ3n) is 2.85. The second-order valence-electron chi connectivity index (χ2n) is 4.14. The van der Waals surface area contributed by atoms with Gasteiger partial charge in [-0.05, 0) is 6.07 Å². The number of nitrogen functional groups attached to an aromatic ring is 1. The quantitative estimate of drug-likeness (QED) is 0.739. The number of ether oxygens (including phenoxy) is 2. The van der Waals surface area contributed by atoms with Crippen molar-refractivity contribution in [2.45, 2.75) is 0 Å². The molecule has 0 spiro atoms. The number of pyridine rings is 1. The molecular weight excluding hydrogens is 274 g/mol. The SMILES string of the molecule is COc1cc(N)c(NC(=O)c2ccncc2O)cc1OC. The highest BCUT2D eigenvalue weighted by atomic mass is 16.5. The Labute approximate surface area is 121 Å². The Morgan fingerprint density at radius 2 is 1.95 bits per heavy atom. The Morgan fingerprint density at radius 3 is 2.57 bits per heavy atom. The topological polar surface area (TPSA) is 107 Å². The number of hydrogen-bond donors (Lipinski definition) is 3. The van der Waals surface area contributed by atoms with Crippen LogP contribution < -0.4 is 20.5 Å². The minimum Gasteiger partial charge on any atom is -0.505 e. The molecule has 0 unspecified atom stereocenters. The van der Waals surface area contributed by atoms with Crippen LogP contribution in [0.5, 0.6) is 17.2 Å². The van der Waals surface area contributed by atoms with Gasteiger partial charge in [0.05, 0.1) is 37.4 Å². The number of nitrogens with one attached hydrogen (secondary N) is 1. The smallest absolute Gasteiger partial charge is 0.259 e. The van der Waals surface area contributed by atoms with E-state index in [1.54, 1.807) is 12.1 Å². The van der Waals surface area contributed by atoms with Crippen molar-refractivity contribution in [2.24, 2.45) is 0 Å². The van der Waals surface area contributed by atoms with E-state index in [0.29, 0.717) is 22.9 Å². The van der Waals surface area contributed by atoms with Gasteiger partial charge in [0.1, 0.15) is 5.75 Å². The van der Waals surface area contributed by atoms with Crippen LogP contribution in [0.2, 0.25) is 0 Å². The van der Waals surface area contributed by atoms with Crippen LogP contribution in [0.15, 0.2) is 30.6 Å². The van der Waals surface area contributed by atoms with E-state index in [2.05, 4.69) is 10.3 Å². The molecule has 0 atom stereocenters. The minimum absolute atomic E-state index is 0.0965. The van der Waals surface area contributed by atoms with Crippen LogP contribution in [-0.2, 0) is 0 Å². The molecule has 1 aromatic heterocycles. The highest BCUT2D eigenvalue weighted by Gasteiger charge is 2.15. The van der Waals surface area contributed by atoms with Gasteiger partial charge in [-0.25, -0.2) is 0 Å². The summed E-state index contributed by atoms with van der Waals surface area (Å²) in [5.41, 5.74) is 6.63. The molecule has 0 bridgehead atoms. The first kappa shape index (κ1) is 14.4. The Hall–Kier alpha value is -2.96. The molecule has 0 radical (unpaired) electrons. The number of aromatic hydroxyl groups is 1. The maximum Gasteiger partial charge on any atom is 0.259 e. The summed E-state index contributed by atoms with van der Waals surface area (Å²) in [5, 5.41) is 12.2. The molecule has 1 heterocycles. The molecule has 2 rings (SSSR count). The Balaban J connectivity index is 2.31. The van der Waals surface area contributed by atoms with Crippen LogP contribution in [0.3, 0.4) is 0 Å². The Kier molecular flexibility index (Phi) is 4.13. The number of anilines is 2. The second kappa shape index (κ2) is 6.00. The Bertz CT molecular complexity index is 673. The van der Waals surface area contributed by atoms with Gasteiger partial charge in [0.25, 0.3) is 5.91 Å². The third-order valence-corrected chi connectivity index (χ3v) is 2.85. The van der Waals surface area contributed by atoms with E-state index < -0.39 is 5.91 Å². The molecular formula is C14H15N3O4. The van der Waals surface area contributed by atoms with E-state index in [0.717, 1.165) is 0 Å². The highest BCUT2D eigenvalue weighted by molar-refractivity contribution is 6.07. The number of rotatable bonds is 4. The number of hydrogen-bond acceptors (Lipinski definition) is 6. The van der Waals surface area contributed by atoms with Gasteiger partial charge in [-0.1, -0.05) is 0 Å². The highest BCUT2D eigenvalue weighted by Crippen LogP contribution is 2.35. The number of nitrogens with zero attached hydrogens (tertiary/aromatic N) is 1. The van der Waals surface area contributed by atoms with Gasteiger partial charge in [0.15, 0.2) is 11.5 Å². The fourth-order valence-electron chi connectivity index (χ4n) is 1.77. The zero-order valence-electron chi connectivity index (χ0n) is 11.6. The number of methoxy groups -OCH3 is 2. The average Bonchev–Trinajstić information content (AvgIpc) is 2.49. The number of benzene rings is 1. The molecule has 7 heteroatoms. The zero-order chi connectivity index (χ0) is 15.4. The van der Waals surface area contributed by atoms with Crippen LogP contribution in [0.4, 0.5) is 11.4 Å². The van der Waals surface area contributed by atoms with Crippen LogP contribution in [0, 0.1) is 0 Å². The van der Waals surface area contributed by atoms with E-state index in [4.69, 9.17) is 15.2 Å². The van der Waals surface area contributed by atoms with Gasteiger partial charge in [0, 0.05) is 18.3 Å². The van der Waals surface area contributed by atoms with Gasteiger partial charge >= 0.3 is 0 Å². The summed E-state index contributed by atoms with van der Waals surface area (Å²) in [5.74, 6) is 0.170. The number of nitrogens with two attached hydrogens (primary N) is 1. The molecule has 1 aromatic carbocycles. The standard InChI is InChI=1S/C14H15N3O4/c1-20-12-5-9(15)10(6-13(12)21-2)17-14(19)8-3-4-16-7-11(8)18/h3-7,18H,15H2,1-2H3,(H,17,19). The van der Waals surface area contributed by atoms with Crippen LogP contribution in [0.25, 0.3) is 0 Å². The van der Waals surface area contributed by atoms with Crippen LogP contribution >= 0.6 is 0 Å². The summed E-state index contributed by atoms with van der Waals surface area (Å²) in [6, 6.07) is 4.49. The largest absolute Gasteiger partial charge is 0.505 e. The molecule has 1 amide bonds. The van der Waals surface area contributed by atoms with Gasteiger partial charge in [-0.15, -0.1) is 0 Å². The third kappa shape index (κ3) is 2.97. The monoisotopic (exact) mass is 289 g/mol. The number of carbonyl (C=O) groups excluding carboxylic acids is 1. The molecule has 4 N–H and O–H groups in total. The van der Waals surface area contributed by atoms with Crippen molar-refractivity contribution >= 4 is 17.3 Å². The molecule has 2 aromatic rings. The van der Waals surface area contributed by atoms with Crippen LogP contribution in [0.1, 0.15) is 10.4 Å². The van der Waals surface area contributed by atoms with Gasteiger partial charge < -0.3 is 25.6 Å². The summed E-state index contributed by atoms with van der Waals surface area (Å²) in [6.45, 7) is 0. The van der Waals surface area contributed by atoms with Crippen molar-refractivity contribution in [3.8, 4) is 17.2 Å². The lowest BCUT2D eigenvalue weighted by Gasteiger charge is -2.13. The molecule has 0 aliphatic rings. The van der Waals surface area contributed by atoms with E-state index in [9.17, 15) is 9.90 Å². The molecule has 0 saturated carbocycles. The fraction of sp³-hybridized carbons (Fsp3) is 0.143. The van der Waals surface area contributed by atoms with E-state index in [1.165, 1.54) is 32.7 Å². The van der Waals surface area contributed by atoms with Gasteiger partial charge in [0.2, 0.25) is 0 Å². The average molecular weight is 289 g/mol. The minimum atomic E-state index is -0.506. The molecule has 21 heavy (non-hydrogen) atoms. The van der Waals surface area contributed by atoms with Gasteiger partial charge in [-0.3, -0.25) is 9.78 Å². The molecule has 0 aliphatic heterocycles. The fourth-order valence-corrected chi connectivity index (χ4v) is 1.77. The molecule has 0 saturated heterocycles. The molecule has 0 aliphatic carbocycles. The number of carbonyl (C=O) groups is 1. The Morgan fingerprint density at radius 1 is 1.29 bits per heavy atom. The first-order valence-corrected chi connectivity index (χ1v) is 6.02. The van der Waals surface area contributed by atoms with Crippen molar-refractivity contribution in [1.82, 2.24) is 4.98 Å². The van der Waals surface area contributed by atoms with Crippen molar-refractivity contribution in [1.29, 1.82) is 0 Å². The predicted molar refractivity (Wildman–Crippen MR) is 77.8 cm³/mol. The summed E-state index contributed by atoms with van der Waals surface area (Å²) >= 11 is 0. The maximum atomic E-state index is 12.1. The molecule has 7 nitrogen and oxygen atoms in total. The van der Waals surface area contributed by atoms with Gasteiger partial charge in [-0.2, -0.15) is 0 Å². The summed E-state index contributed by atoms with van der Waals surface area (Å²) in [7, 11) is 2.97. The lowest BCUT2D eigenvalue weighted by atomic mass is 10.2. The van der Waals surface area contributed by atoms with Crippen molar-refractivity contribution in [2.75, 3.05) is 25.3 Å².